The van der Waals surface area contributed by atoms with Crippen LogP contribution in [0.2, 0.25) is 0 Å². The van der Waals surface area contributed by atoms with Gasteiger partial charge >= 0.3 is 0 Å². The number of amides is 1. The number of aryl methyl sites for hydroxylation is 1. The van der Waals surface area contributed by atoms with Crippen molar-refractivity contribution < 1.29 is 9.53 Å². The highest BCUT2D eigenvalue weighted by Crippen LogP contribution is 2.22. The van der Waals surface area contributed by atoms with E-state index >= 15 is 0 Å². The number of H-pyrrole nitrogens is 1. The molecule has 0 bridgehead atoms. The van der Waals surface area contributed by atoms with E-state index in [0.29, 0.717) is 18.3 Å². The van der Waals surface area contributed by atoms with Crippen molar-refractivity contribution in [2.45, 2.75) is 51.0 Å². The maximum absolute atomic E-state index is 12.4. The first-order valence-corrected chi connectivity index (χ1v) is 9.44. The van der Waals surface area contributed by atoms with E-state index in [1.807, 2.05) is 11.9 Å². The number of nitrogens with zero attached hydrogens (tertiary/aromatic N) is 3. The van der Waals surface area contributed by atoms with Crippen molar-refractivity contribution in [3.8, 4) is 17.1 Å². The van der Waals surface area contributed by atoms with E-state index in [4.69, 9.17) is 4.74 Å². The Kier molecular flexibility index (Phi) is 6.21. The van der Waals surface area contributed by atoms with Gasteiger partial charge in [0.25, 0.3) is 5.56 Å². The molecule has 3 rings (SSSR count). The molecule has 0 saturated heterocycles. The molecule has 0 atom stereocenters. The minimum Gasteiger partial charge on any atom is -0.497 e. The van der Waals surface area contributed by atoms with Gasteiger partial charge in [0, 0.05) is 31.5 Å². The summed E-state index contributed by atoms with van der Waals surface area (Å²) in [5.41, 5.74) is 0.738. The lowest BCUT2D eigenvalue weighted by molar-refractivity contribution is -0.132. The van der Waals surface area contributed by atoms with E-state index in [1.165, 1.54) is 19.3 Å². The number of nitrogens with one attached hydrogen (secondary N) is 1. The van der Waals surface area contributed by atoms with Crippen molar-refractivity contribution in [3.63, 3.8) is 0 Å². The van der Waals surface area contributed by atoms with Gasteiger partial charge in [-0.05, 0) is 37.1 Å². The Balaban J connectivity index is 1.62. The molecule has 1 heterocycles. The van der Waals surface area contributed by atoms with Gasteiger partial charge in [0.15, 0.2) is 5.82 Å². The van der Waals surface area contributed by atoms with Crippen LogP contribution in [0, 0.1) is 0 Å². The Bertz CT molecular complexity index is 826. The fourth-order valence-electron chi connectivity index (χ4n) is 3.48. The van der Waals surface area contributed by atoms with Crippen molar-refractivity contribution in [2.24, 2.45) is 0 Å². The van der Waals surface area contributed by atoms with Crippen molar-refractivity contribution in [1.82, 2.24) is 20.1 Å². The van der Waals surface area contributed by atoms with Crippen LogP contribution >= 0.6 is 0 Å². The summed E-state index contributed by atoms with van der Waals surface area (Å²) in [6, 6.07) is 7.53. The lowest BCUT2D eigenvalue weighted by Gasteiger charge is -2.31. The number of aromatic amines is 1. The van der Waals surface area contributed by atoms with E-state index in [-0.39, 0.29) is 23.6 Å². The molecule has 2 aromatic rings. The van der Waals surface area contributed by atoms with Crippen LogP contribution in [0.5, 0.6) is 5.75 Å². The molecule has 7 heteroatoms. The van der Waals surface area contributed by atoms with Gasteiger partial charge in [-0.25, -0.2) is 0 Å². The van der Waals surface area contributed by atoms with Gasteiger partial charge in [-0.3, -0.25) is 9.59 Å². The minimum absolute atomic E-state index is 0.0577. The monoisotopic (exact) mass is 370 g/mol. The number of rotatable bonds is 6. The highest BCUT2D eigenvalue weighted by atomic mass is 16.5. The van der Waals surface area contributed by atoms with Gasteiger partial charge in [0.2, 0.25) is 5.91 Å². The molecule has 0 radical (unpaired) electrons. The van der Waals surface area contributed by atoms with Crippen LogP contribution in [0.25, 0.3) is 11.4 Å². The average molecular weight is 370 g/mol. The minimum atomic E-state index is -0.302. The van der Waals surface area contributed by atoms with E-state index in [1.54, 1.807) is 31.4 Å². The summed E-state index contributed by atoms with van der Waals surface area (Å²) >= 11 is 0. The molecule has 144 valence electrons. The van der Waals surface area contributed by atoms with Crippen LogP contribution in [-0.4, -0.2) is 46.2 Å². The Hall–Kier alpha value is -2.70. The molecule has 0 aliphatic heterocycles. The number of aromatic nitrogens is 3. The molecule has 1 saturated carbocycles. The molecule has 1 aromatic carbocycles. The second kappa shape index (κ2) is 8.79. The summed E-state index contributed by atoms with van der Waals surface area (Å²) in [6.07, 6.45) is 6.32. The number of ether oxygens (including phenoxy) is 1. The topological polar surface area (TPSA) is 88.2 Å². The summed E-state index contributed by atoms with van der Waals surface area (Å²) < 4.78 is 5.12. The third kappa shape index (κ3) is 4.72. The number of carbonyl (C=O) groups is 1. The van der Waals surface area contributed by atoms with Gasteiger partial charge in [-0.1, -0.05) is 19.3 Å². The highest BCUT2D eigenvalue weighted by molar-refractivity contribution is 5.76. The van der Waals surface area contributed by atoms with Crippen molar-refractivity contribution in [1.29, 1.82) is 0 Å². The first kappa shape index (κ1) is 19.1. The number of hydrogen-bond acceptors (Lipinski definition) is 5. The Labute approximate surface area is 158 Å². The second-order valence-electron chi connectivity index (χ2n) is 6.97. The zero-order valence-corrected chi connectivity index (χ0v) is 15.9. The molecule has 0 unspecified atom stereocenters. The van der Waals surface area contributed by atoms with Crippen LogP contribution < -0.4 is 10.3 Å². The van der Waals surface area contributed by atoms with Crippen LogP contribution in [-0.2, 0) is 11.2 Å². The first-order valence-electron chi connectivity index (χ1n) is 9.44. The Morgan fingerprint density at radius 1 is 1.19 bits per heavy atom. The molecule has 1 amide bonds. The Morgan fingerprint density at radius 3 is 2.52 bits per heavy atom. The van der Waals surface area contributed by atoms with Crippen molar-refractivity contribution in [3.05, 3.63) is 40.3 Å². The summed E-state index contributed by atoms with van der Waals surface area (Å²) in [4.78, 5) is 29.3. The fourth-order valence-corrected chi connectivity index (χ4v) is 3.48. The van der Waals surface area contributed by atoms with Gasteiger partial charge in [0.1, 0.15) is 11.4 Å². The van der Waals surface area contributed by atoms with Crippen LogP contribution in [0.3, 0.4) is 0 Å². The van der Waals surface area contributed by atoms with E-state index in [0.717, 1.165) is 24.2 Å². The standard InChI is InChI=1S/C20H26N4O3/c1-24(15-6-4-3-5-7-15)18(25)13-12-17-20(26)21-19(23-22-17)14-8-10-16(27-2)11-9-14/h8-11,15H,3-7,12-13H2,1-2H3,(H,21,23,26). The highest BCUT2D eigenvalue weighted by Gasteiger charge is 2.22. The van der Waals surface area contributed by atoms with Gasteiger partial charge in [-0.2, -0.15) is 0 Å². The molecule has 0 spiro atoms. The maximum Gasteiger partial charge on any atom is 0.273 e. The maximum atomic E-state index is 12.4. The zero-order valence-electron chi connectivity index (χ0n) is 15.9. The van der Waals surface area contributed by atoms with Crippen LogP contribution in [0.4, 0.5) is 0 Å². The van der Waals surface area contributed by atoms with Crippen molar-refractivity contribution in [2.75, 3.05) is 14.2 Å². The largest absolute Gasteiger partial charge is 0.497 e. The van der Waals surface area contributed by atoms with Gasteiger partial charge in [-0.15, -0.1) is 10.2 Å². The quantitative estimate of drug-likeness (QED) is 0.844. The lowest BCUT2D eigenvalue weighted by Crippen LogP contribution is -2.38. The lowest BCUT2D eigenvalue weighted by atomic mass is 9.94. The number of methoxy groups -OCH3 is 1. The molecule has 1 aromatic heterocycles. The van der Waals surface area contributed by atoms with E-state index in [2.05, 4.69) is 15.2 Å². The summed E-state index contributed by atoms with van der Waals surface area (Å²) in [5.74, 6) is 1.19. The van der Waals surface area contributed by atoms with Gasteiger partial charge in [0.05, 0.1) is 7.11 Å². The predicted octanol–water partition coefficient (Wildman–Crippen LogP) is 2.56. The summed E-state index contributed by atoms with van der Waals surface area (Å²) in [7, 11) is 3.46. The van der Waals surface area contributed by atoms with Crippen molar-refractivity contribution >= 4 is 5.91 Å². The van der Waals surface area contributed by atoms with Crippen LogP contribution in [0.1, 0.15) is 44.2 Å². The van der Waals surface area contributed by atoms with Gasteiger partial charge < -0.3 is 14.6 Å². The fraction of sp³-hybridized carbons (Fsp3) is 0.500. The molecule has 7 nitrogen and oxygen atoms in total. The SMILES string of the molecule is COc1ccc(-c2nnc(CCC(=O)N(C)C3CCCCC3)c(=O)[nH]2)cc1. The molecule has 1 N–H and O–H groups in total. The van der Waals surface area contributed by atoms with E-state index < -0.39 is 0 Å². The zero-order chi connectivity index (χ0) is 19.2. The molecule has 1 aliphatic rings. The second-order valence-corrected chi connectivity index (χ2v) is 6.97. The Morgan fingerprint density at radius 2 is 1.89 bits per heavy atom. The summed E-state index contributed by atoms with van der Waals surface area (Å²) in [6.45, 7) is 0. The average Bonchev–Trinajstić information content (AvgIpc) is 2.72. The third-order valence-electron chi connectivity index (χ3n) is 5.22. The number of hydrogen-bond donors (Lipinski definition) is 1. The number of benzene rings is 1. The molecule has 1 aliphatic carbocycles. The van der Waals surface area contributed by atoms with E-state index in [9.17, 15) is 9.59 Å². The normalized spacial score (nSPS) is 14.7. The first-order chi connectivity index (χ1) is 13.1. The molecule has 27 heavy (non-hydrogen) atoms. The third-order valence-corrected chi connectivity index (χ3v) is 5.22. The molecule has 1 fully saturated rings. The molecular weight excluding hydrogens is 344 g/mol. The van der Waals surface area contributed by atoms with Crippen LogP contribution in [0.15, 0.2) is 29.1 Å². The molecular formula is C20H26N4O3. The summed E-state index contributed by atoms with van der Waals surface area (Å²) in [5, 5.41) is 8.15. The smallest absolute Gasteiger partial charge is 0.273 e. The number of carbonyl (C=O) groups excluding carboxylic acids is 1. The predicted molar refractivity (Wildman–Crippen MR) is 103 cm³/mol.